The van der Waals surface area contributed by atoms with Gasteiger partial charge in [-0.2, -0.15) is 5.26 Å². The molecule has 0 aliphatic heterocycles. The van der Waals surface area contributed by atoms with E-state index in [0.29, 0.717) is 6.42 Å². The lowest BCUT2D eigenvalue weighted by atomic mass is 9.90. The molecule has 20 heavy (non-hydrogen) atoms. The summed E-state index contributed by atoms with van der Waals surface area (Å²) in [7, 11) is 0. The Hall–Kier alpha value is -1.76. The summed E-state index contributed by atoms with van der Waals surface area (Å²) >= 11 is 1.74. The molecule has 0 saturated heterocycles. The first-order chi connectivity index (χ1) is 9.64. The van der Waals surface area contributed by atoms with E-state index in [1.54, 1.807) is 11.8 Å². The highest BCUT2D eigenvalue weighted by Gasteiger charge is 2.26. The number of thioether (sulfide) groups is 1. The van der Waals surface area contributed by atoms with Crippen LogP contribution >= 0.6 is 11.8 Å². The van der Waals surface area contributed by atoms with Crippen LogP contribution in [0.5, 0.6) is 0 Å². The Morgan fingerprint density at radius 1 is 1.15 bits per heavy atom. The first-order valence-corrected chi connectivity index (χ1v) is 7.58. The second kappa shape index (κ2) is 6.60. The molecule has 102 valence electrons. The van der Waals surface area contributed by atoms with Gasteiger partial charge in [0.05, 0.1) is 6.07 Å². The van der Waals surface area contributed by atoms with Crippen molar-refractivity contribution in [1.29, 1.82) is 5.26 Å². The van der Waals surface area contributed by atoms with Crippen LogP contribution in [0.4, 0.5) is 0 Å². The van der Waals surface area contributed by atoms with Crippen LogP contribution in [0.3, 0.4) is 0 Å². The van der Waals surface area contributed by atoms with Gasteiger partial charge in [-0.05, 0) is 31.0 Å². The molecule has 2 N–H and O–H groups in total. The lowest BCUT2D eigenvalue weighted by Crippen LogP contribution is -2.35. The van der Waals surface area contributed by atoms with Crippen molar-refractivity contribution in [2.24, 2.45) is 5.73 Å². The summed E-state index contributed by atoms with van der Waals surface area (Å²) in [4.78, 5) is 1.22. The van der Waals surface area contributed by atoms with Crippen molar-refractivity contribution >= 4 is 11.8 Å². The lowest BCUT2D eigenvalue weighted by molar-refractivity contribution is 0.560. The number of aryl methyl sites for hydroxylation is 1. The molecule has 0 fully saturated rings. The molecular weight excluding hydrogens is 264 g/mol. The fourth-order valence-corrected chi connectivity index (χ4v) is 3.14. The average molecular weight is 282 g/mol. The normalized spacial score (nSPS) is 13.4. The summed E-state index contributed by atoms with van der Waals surface area (Å²) in [6.45, 7) is 2.08. The van der Waals surface area contributed by atoms with Crippen molar-refractivity contribution < 1.29 is 0 Å². The molecule has 0 heterocycles. The Morgan fingerprint density at radius 3 is 2.55 bits per heavy atom. The molecule has 0 aromatic heterocycles. The second-order valence-corrected chi connectivity index (χ2v) is 6.03. The number of nitrogens with zero attached hydrogens (tertiary/aromatic N) is 1. The van der Waals surface area contributed by atoms with Crippen molar-refractivity contribution in [3.05, 3.63) is 65.7 Å². The van der Waals surface area contributed by atoms with Gasteiger partial charge in [-0.15, -0.1) is 11.8 Å². The van der Waals surface area contributed by atoms with Crippen molar-refractivity contribution in [3.63, 3.8) is 0 Å². The molecule has 2 aromatic rings. The van der Waals surface area contributed by atoms with E-state index in [1.165, 1.54) is 10.5 Å². The van der Waals surface area contributed by atoms with E-state index in [9.17, 15) is 5.26 Å². The third kappa shape index (κ3) is 3.63. The minimum absolute atomic E-state index is 0.631. The molecule has 1 atom stereocenters. The predicted molar refractivity (Wildman–Crippen MR) is 84.4 cm³/mol. The Kier molecular flexibility index (Phi) is 4.84. The van der Waals surface area contributed by atoms with E-state index in [4.69, 9.17) is 5.73 Å². The maximum atomic E-state index is 9.40. The quantitative estimate of drug-likeness (QED) is 0.847. The van der Waals surface area contributed by atoms with E-state index in [1.807, 2.05) is 30.3 Å². The van der Waals surface area contributed by atoms with Crippen molar-refractivity contribution in [2.45, 2.75) is 23.8 Å². The van der Waals surface area contributed by atoms with Crippen LogP contribution < -0.4 is 5.73 Å². The van der Waals surface area contributed by atoms with Gasteiger partial charge in [0.1, 0.15) is 5.54 Å². The first-order valence-electron chi connectivity index (χ1n) is 6.59. The van der Waals surface area contributed by atoms with E-state index >= 15 is 0 Å². The summed E-state index contributed by atoms with van der Waals surface area (Å²) < 4.78 is 0. The Labute approximate surface area is 124 Å². The molecule has 0 saturated carbocycles. The molecule has 0 aliphatic carbocycles. The van der Waals surface area contributed by atoms with Crippen LogP contribution in [-0.4, -0.2) is 5.75 Å². The van der Waals surface area contributed by atoms with Crippen molar-refractivity contribution in [1.82, 2.24) is 0 Å². The van der Waals surface area contributed by atoms with Crippen LogP contribution in [0.15, 0.2) is 59.5 Å². The van der Waals surface area contributed by atoms with Gasteiger partial charge in [-0.1, -0.05) is 48.0 Å². The van der Waals surface area contributed by atoms with Crippen molar-refractivity contribution in [2.75, 3.05) is 5.75 Å². The number of nitrogens with two attached hydrogens (primary N) is 1. The minimum Gasteiger partial charge on any atom is -0.310 e. The fraction of sp³-hybridized carbons (Fsp3) is 0.235. The predicted octanol–water partition coefficient (Wildman–Crippen LogP) is 3.86. The second-order valence-electron chi connectivity index (χ2n) is 4.86. The van der Waals surface area contributed by atoms with Gasteiger partial charge in [-0.25, -0.2) is 0 Å². The van der Waals surface area contributed by atoms with Crippen LogP contribution in [0.25, 0.3) is 0 Å². The van der Waals surface area contributed by atoms with Gasteiger partial charge in [0.2, 0.25) is 0 Å². The smallest absolute Gasteiger partial charge is 0.130 e. The average Bonchev–Trinajstić information content (AvgIpc) is 2.48. The molecule has 2 nitrogen and oxygen atoms in total. The SMILES string of the molecule is Cc1cccc(SCCC(N)(C#N)c2ccccc2)c1. The molecular formula is C17H18N2S. The van der Waals surface area contributed by atoms with Crippen LogP contribution in [0.2, 0.25) is 0 Å². The maximum absolute atomic E-state index is 9.40. The monoisotopic (exact) mass is 282 g/mol. The highest BCUT2D eigenvalue weighted by atomic mass is 32.2. The highest BCUT2D eigenvalue weighted by molar-refractivity contribution is 7.99. The Balaban J connectivity index is 2.00. The number of hydrogen-bond acceptors (Lipinski definition) is 3. The Bertz CT molecular complexity index is 604. The third-order valence-corrected chi connectivity index (χ3v) is 4.24. The zero-order valence-electron chi connectivity index (χ0n) is 11.5. The number of rotatable bonds is 5. The molecule has 2 aromatic carbocycles. The maximum Gasteiger partial charge on any atom is 0.130 e. The first kappa shape index (κ1) is 14.6. The van der Waals surface area contributed by atoms with Crippen molar-refractivity contribution in [3.8, 4) is 6.07 Å². The molecule has 0 aliphatic rings. The fourth-order valence-electron chi connectivity index (χ4n) is 2.04. The van der Waals surface area contributed by atoms with Gasteiger partial charge in [-0.3, -0.25) is 0 Å². The van der Waals surface area contributed by atoms with E-state index < -0.39 is 5.54 Å². The molecule has 0 radical (unpaired) electrons. The number of hydrogen-bond donors (Lipinski definition) is 1. The standard InChI is InChI=1S/C17H18N2S/c1-14-6-5-9-16(12-14)20-11-10-17(19,13-18)15-7-3-2-4-8-15/h2-9,12H,10-11,19H2,1H3. The number of nitriles is 1. The molecule has 0 amide bonds. The van der Waals surface area contributed by atoms with Gasteiger partial charge >= 0.3 is 0 Å². The van der Waals surface area contributed by atoms with Gasteiger partial charge in [0, 0.05) is 10.6 Å². The lowest BCUT2D eigenvalue weighted by Gasteiger charge is -2.21. The van der Waals surface area contributed by atoms with E-state index in [2.05, 4.69) is 37.3 Å². The van der Waals surface area contributed by atoms with Gasteiger partial charge < -0.3 is 5.73 Å². The highest BCUT2D eigenvalue weighted by Crippen LogP contribution is 2.26. The zero-order valence-corrected chi connectivity index (χ0v) is 12.4. The summed E-state index contributed by atoms with van der Waals surface area (Å²) in [5.74, 6) is 0.822. The molecule has 2 rings (SSSR count). The van der Waals surface area contributed by atoms with E-state index in [-0.39, 0.29) is 0 Å². The minimum atomic E-state index is -0.905. The number of benzene rings is 2. The summed E-state index contributed by atoms with van der Waals surface area (Å²) in [5.41, 5.74) is 7.46. The molecule has 3 heteroatoms. The zero-order chi connectivity index (χ0) is 14.4. The summed E-state index contributed by atoms with van der Waals surface area (Å²) in [5, 5.41) is 9.40. The Morgan fingerprint density at radius 2 is 1.90 bits per heavy atom. The van der Waals surface area contributed by atoms with Gasteiger partial charge in [0.15, 0.2) is 0 Å². The van der Waals surface area contributed by atoms with E-state index in [0.717, 1.165) is 11.3 Å². The summed E-state index contributed by atoms with van der Waals surface area (Å²) in [6, 6.07) is 20.2. The van der Waals surface area contributed by atoms with Gasteiger partial charge in [0.25, 0.3) is 0 Å². The molecule has 0 spiro atoms. The topological polar surface area (TPSA) is 49.8 Å². The third-order valence-electron chi connectivity index (χ3n) is 3.24. The molecule has 0 bridgehead atoms. The largest absolute Gasteiger partial charge is 0.310 e. The molecule has 1 unspecified atom stereocenters. The van der Waals surface area contributed by atoms with Crippen LogP contribution in [-0.2, 0) is 5.54 Å². The van der Waals surface area contributed by atoms with Crippen LogP contribution in [0, 0.1) is 18.3 Å². The summed E-state index contributed by atoms with van der Waals surface area (Å²) in [6.07, 6.45) is 0.631. The van der Waals surface area contributed by atoms with Crippen LogP contribution in [0.1, 0.15) is 17.5 Å².